The van der Waals surface area contributed by atoms with Gasteiger partial charge in [0.2, 0.25) is 5.75 Å². The summed E-state index contributed by atoms with van der Waals surface area (Å²) in [6, 6.07) is 9.98. The maximum Gasteiger partial charge on any atom is 0.203 e. The first-order chi connectivity index (χ1) is 11.0. The topological polar surface area (TPSA) is 96.2 Å². The van der Waals surface area contributed by atoms with Gasteiger partial charge in [0.1, 0.15) is 17.9 Å². The van der Waals surface area contributed by atoms with E-state index in [9.17, 15) is 20.1 Å². The number of ketones is 1. The number of carbonyl (C=O) groups excluding carboxylic acids is 1. The second-order valence-corrected chi connectivity index (χ2v) is 5.29. The van der Waals surface area contributed by atoms with Gasteiger partial charge in [-0.2, -0.15) is 0 Å². The third-order valence-electron chi connectivity index (χ3n) is 3.93. The van der Waals surface area contributed by atoms with Gasteiger partial charge >= 0.3 is 0 Å². The van der Waals surface area contributed by atoms with Crippen molar-refractivity contribution < 1.29 is 29.6 Å². The molecule has 23 heavy (non-hydrogen) atoms. The number of carbonyl (C=O) groups is 1. The molecule has 3 rings (SSSR count). The van der Waals surface area contributed by atoms with E-state index >= 15 is 0 Å². The molecular formula is C17H16O6. The second kappa shape index (κ2) is 5.81. The summed E-state index contributed by atoms with van der Waals surface area (Å²) in [6.07, 6.45) is -1.06. The SMILES string of the molecule is COc1c(O)cc2c(c1O)C(=O)[C@@H]([C@H](O)c1ccccc1)CO2. The number of hydrogen-bond donors (Lipinski definition) is 3. The molecule has 2 aromatic carbocycles. The number of Topliss-reactive ketones (excluding diaryl/α,β-unsaturated/α-hetero) is 1. The van der Waals surface area contributed by atoms with Crippen LogP contribution in [0.15, 0.2) is 36.4 Å². The fourth-order valence-electron chi connectivity index (χ4n) is 2.72. The number of aliphatic hydroxyl groups is 1. The van der Waals surface area contributed by atoms with E-state index in [-0.39, 0.29) is 29.4 Å². The fourth-order valence-corrected chi connectivity index (χ4v) is 2.72. The Kier molecular flexibility index (Phi) is 3.83. The Labute approximate surface area is 132 Å². The minimum Gasteiger partial charge on any atom is -0.504 e. The Hall–Kier alpha value is -2.73. The molecule has 6 heteroatoms. The van der Waals surface area contributed by atoms with Crippen LogP contribution in [0.4, 0.5) is 0 Å². The fraction of sp³-hybridized carbons (Fsp3) is 0.235. The van der Waals surface area contributed by atoms with Gasteiger partial charge in [-0.25, -0.2) is 0 Å². The second-order valence-electron chi connectivity index (χ2n) is 5.29. The molecule has 0 saturated heterocycles. The summed E-state index contributed by atoms with van der Waals surface area (Å²) < 4.78 is 10.4. The van der Waals surface area contributed by atoms with E-state index in [2.05, 4.69) is 0 Å². The number of rotatable bonds is 3. The average Bonchev–Trinajstić information content (AvgIpc) is 2.55. The van der Waals surface area contributed by atoms with Crippen LogP contribution in [-0.2, 0) is 0 Å². The lowest BCUT2D eigenvalue weighted by Crippen LogP contribution is -2.32. The van der Waals surface area contributed by atoms with Crippen molar-refractivity contribution >= 4 is 5.78 Å². The number of hydrogen-bond acceptors (Lipinski definition) is 6. The molecule has 0 aromatic heterocycles. The Morgan fingerprint density at radius 2 is 1.96 bits per heavy atom. The molecule has 0 spiro atoms. The predicted octanol–water partition coefficient (Wildman–Crippen LogP) is 2.03. The van der Waals surface area contributed by atoms with Crippen molar-refractivity contribution in [3.63, 3.8) is 0 Å². The van der Waals surface area contributed by atoms with Crippen molar-refractivity contribution in [1.29, 1.82) is 0 Å². The van der Waals surface area contributed by atoms with E-state index in [1.807, 2.05) is 6.07 Å². The Bertz CT molecular complexity index is 740. The lowest BCUT2D eigenvalue weighted by Gasteiger charge is -2.28. The molecule has 1 aliphatic rings. The molecule has 2 aromatic rings. The van der Waals surface area contributed by atoms with E-state index in [1.54, 1.807) is 24.3 Å². The van der Waals surface area contributed by atoms with Crippen molar-refractivity contribution in [2.75, 3.05) is 13.7 Å². The molecule has 0 unspecified atom stereocenters. The third kappa shape index (κ3) is 2.47. The van der Waals surface area contributed by atoms with Crippen LogP contribution in [0, 0.1) is 5.92 Å². The minimum absolute atomic E-state index is 0.0485. The first-order valence-electron chi connectivity index (χ1n) is 7.07. The zero-order valence-electron chi connectivity index (χ0n) is 12.4. The quantitative estimate of drug-likeness (QED) is 0.802. The number of aromatic hydroxyl groups is 2. The minimum atomic E-state index is -1.06. The van der Waals surface area contributed by atoms with Crippen LogP contribution < -0.4 is 9.47 Å². The van der Waals surface area contributed by atoms with Crippen LogP contribution in [0.2, 0.25) is 0 Å². The van der Waals surface area contributed by atoms with Gasteiger partial charge in [0.15, 0.2) is 17.3 Å². The summed E-state index contributed by atoms with van der Waals surface area (Å²) in [5, 5.41) is 30.4. The molecule has 120 valence electrons. The number of ether oxygens (including phenoxy) is 2. The molecule has 0 bridgehead atoms. The highest BCUT2D eigenvalue weighted by molar-refractivity contribution is 6.05. The highest BCUT2D eigenvalue weighted by Gasteiger charge is 2.38. The molecule has 2 atom stereocenters. The van der Waals surface area contributed by atoms with Crippen molar-refractivity contribution in [2.24, 2.45) is 5.92 Å². The molecule has 1 heterocycles. The van der Waals surface area contributed by atoms with Crippen LogP contribution in [-0.4, -0.2) is 34.8 Å². The normalized spacial score (nSPS) is 18.0. The zero-order valence-corrected chi connectivity index (χ0v) is 12.4. The van der Waals surface area contributed by atoms with Gasteiger partial charge in [0.05, 0.1) is 19.1 Å². The highest BCUT2D eigenvalue weighted by atomic mass is 16.5. The molecular weight excluding hydrogens is 300 g/mol. The van der Waals surface area contributed by atoms with Crippen LogP contribution in [0.25, 0.3) is 0 Å². The predicted molar refractivity (Wildman–Crippen MR) is 81.0 cm³/mol. The van der Waals surface area contributed by atoms with E-state index in [0.717, 1.165) is 0 Å². The van der Waals surface area contributed by atoms with E-state index in [4.69, 9.17) is 9.47 Å². The molecule has 0 fully saturated rings. The molecule has 6 nitrogen and oxygen atoms in total. The molecule has 0 saturated carbocycles. The van der Waals surface area contributed by atoms with Gasteiger partial charge in [-0.05, 0) is 5.56 Å². The molecule has 0 radical (unpaired) electrons. The van der Waals surface area contributed by atoms with Crippen molar-refractivity contribution in [3.8, 4) is 23.0 Å². The zero-order chi connectivity index (χ0) is 16.6. The summed E-state index contributed by atoms with van der Waals surface area (Å²) in [5.41, 5.74) is 0.494. The van der Waals surface area contributed by atoms with Crippen molar-refractivity contribution in [1.82, 2.24) is 0 Å². The molecule has 3 N–H and O–H groups in total. The van der Waals surface area contributed by atoms with E-state index in [0.29, 0.717) is 5.56 Å². The Morgan fingerprint density at radius 3 is 2.61 bits per heavy atom. The molecule has 0 aliphatic carbocycles. The summed E-state index contributed by atoms with van der Waals surface area (Å²) in [4.78, 5) is 12.7. The van der Waals surface area contributed by atoms with Gasteiger partial charge < -0.3 is 24.8 Å². The van der Waals surface area contributed by atoms with Crippen LogP contribution >= 0.6 is 0 Å². The first-order valence-corrected chi connectivity index (χ1v) is 7.07. The Balaban J connectivity index is 2.01. The number of phenolic OH excluding ortho intramolecular Hbond substituents is 2. The number of benzene rings is 2. The van der Waals surface area contributed by atoms with E-state index < -0.39 is 23.6 Å². The number of methoxy groups -OCH3 is 1. The lowest BCUT2D eigenvalue weighted by molar-refractivity contribution is 0.0474. The maximum absolute atomic E-state index is 12.7. The maximum atomic E-state index is 12.7. The van der Waals surface area contributed by atoms with E-state index in [1.165, 1.54) is 13.2 Å². The third-order valence-corrected chi connectivity index (χ3v) is 3.93. The molecule has 0 amide bonds. The number of phenols is 2. The van der Waals surface area contributed by atoms with Gasteiger partial charge in [-0.1, -0.05) is 30.3 Å². The Morgan fingerprint density at radius 1 is 1.26 bits per heavy atom. The average molecular weight is 316 g/mol. The van der Waals surface area contributed by atoms with Crippen LogP contribution in [0.3, 0.4) is 0 Å². The summed E-state index contributed by atoms with van der Waals surface area (Å²) in [7, 11) is 1.27. The molecule has 1 aliphatic heterocycles. The van der Waals surface area contributed by atoms with Gasteiger partial charge in [0.25, 0.3) is 0 Å². The standard InChI is InChI=1S/C17H16O6/c1-22-17-11(18)7-12-13(16(17)21)15(20)10(8-23-12)14(19)9-5-3-2-4-6-9/h2-7,10,14,18-19,21H,8H2,1H3/t10-,14-/m1/s1. The number of fused-ring (bicyclic) bond motifs is 1. The number of aliphatic hydroxyl groups excluding tert-OH is 1. The first kappa shape index (κ1) is 15.2. The van der Waals surface area contributed by atoms with Gasteiger partial charge in [-0.3, -0.25) is 4.79 Å². The largest absolute Gasteiger partial charge is 0.504 e. The van der Waals surface area contributed by atoms with Gasteiger partial charge in [-0.15, -0.1) is 0 Å². The van der Waals surface area contributed by atoms with Crippen molar-refractivity contribution in [3.05, 3.63) is 47.5 Å². The monoisotopic (exact) mass is 316 g/mol. The lowest BCUT2D eigenvalue weighted by atomic mass is 9.86. The van der Waals surface area contributed by atoms with Gasteiger partial charge in [0, 0.05) is 6.07 Å². The van der Waals surface area contributed by atoms with Crippen LogP contribution in [0.1, 0.15) is 22.0 Å². The van der Waals surface area contributed by atoms with Crippen molar-refractivity contribution in [2.45, 2.75) is 6.10 Å². The summed E-state index contributed by atoms with van der Waals surface area (Å²) in [6.45, 7) is -0.0485. The summed E-state index contributed by atoms with van der Waals surface area (Å²) in [5.74, 6) is -2.25. The highest BCUT2D eigenvalue weighted by Crippen LogP contribution is 2.47. The van der Waals surface area contributed by atoms with Crippen LogP contribution in [0.5, 0.6) is 23.0 Å². The smallest absolute Gasteiger partial charge is 0.203 e. The summed E-state index contributed by atoms with van der Waals surface area (Å²) >= 11 is 0.